The fourth-order valence-corrected chi connectivity index (χ4v) is 2.79. The lowest BCUT2D eigenvalue weighted by atomic mass is 10.0. The molecular formula is C19H15FN6O. The van der Waals surface area contributed by atoms with Gasteiger partial charge in [0.15, 0.2) is 5.82 Å². The largest absolute Gasteiger partial charge is 0.352 e. The Morgan fingerprint density at radius 3 is 2.85 bits per heavy atom. The van der Waals surface area contributed by atoms with E-state index in [1.807, 2.05) is 30.3 Å². The second kappa shape index (κ2) is 7.28. The van der Waals surface area contributed by atoms with Crippen LogP contribution in [0.2, 0.25) is 0 Å². The van der Waals surface area contributed by atoms with Gasteiger partial charge in [0, 0.05) is 35.7 Å². The van der Waals surface area contributed by atoms with Gasteiger partial charge in [0.1, 0.15) is 5.82 Å². The van der Waals surface area contributed by atoms with Gasteiger partial charge in [-0.15, -0.1) is 10.2 Å². The van der Waals surface area contributed by atoms with Crippen molar-refractivity contribution in [3.63, 3.8) is 0 Å². The maximum Gasteiger partial charge on any atom is 0.251 e. The highest BCUT2D eigenvalue weighted by atomic mass is 19.1. The highest BCUT2D eigenvalue weighted by Gasteiger charge is 2.11. The van der Waals surface area contributed by atoms with Crippen molar-refractivity contribution in [1.82, 2.24) is 30.9 Å². The monoisotopic (exact) mass is 362 g/mol. The number of hydrogen-bond donors (Lipinski definition) is 2. The minimum atomic E-state index is -0.482. The smallest absolute Gasteiger partial charge is 0.251 e. The molecule has 0 unspecified atom stereocenters. The first-order valence-electron chi connectivity index (χ1n) is 8.35. The summed E-state index contributed by atoms with van der Waals surface area (Å²) >= 11 is 0. The predicted molar refractivity (Wildman–Crippen MR) is 97.4 cm³/mol. The Kier molecular flexibility index (Phi) is 4.52. The molecule has 0 radical (unpaired) electrons. The van der Waals surface area contributed by atoms with Crippen molar-refractivity contribution in [2.75, 3.05) is 6.54 Å². The second-order valence-corrected chi connectivity index (χ2v) is 5.98. The number of para-hydroxylation sites is 1. The first-order valence-corrected chi connectivity index (χ1v) is 8.35. The Hall–Kier alpha value is -3.68. The number of hydrogen-bond acceptors (Lipinski definition) is 5. The fraction of sp³-hybridized carbons (Fsp3) is 0.105. The van der Waals surface area contributed by atoms with Crippen molar-refractivity contribution < 1.29 is 9.18 Å². The van der Waals surface area contributed by atoms with Crippen molar-refractivity contribution in [2.45, 2.75) is 6.42 Å². The molecule has 7 nitrogen and oxygen atoms in total. The average Bonchev–Trinajstić information content (AvgIpc) is 3.20. The summed E-state index contributed by atoms with van der Waals surface area (Å²) < 4.78 is 14.1. The van der Waals surface area contributed by atoms with Gasteiger partial charge < -0.3 is 5.32 Å². The minimum absolute atomic E-state index is 0.242. The van der Waals surface area contributed by atoms with Crippen LogP contribution in [-0.4, -0.2) is 38.1 Å². The molecule has 2 heterocycles. The van der Waals surface area contributed by atoms with Crippen molar-refractivity contribution in [1.29, 1.82) is 0 Å². The molecule has 0 bridgehead atoms. The van der Waals surface area contributed by atoms with E-state index in [1.54, 1.807) is 12.3 Å². The van der Waals surface area contributed by atoms with Crippen LogP contribution < -0.4 is 5.32 Å². The van der Waals surface area contributed by atoms with Crippen LogP contribution in [0.15, 0.2) is 54.7 Å². The molecule has 0 atom stereocenters. The number of pyridine rings is 1. The van der Waals surface area contributed by atoms with E-state index in [0.29, 0.717) is 24.4 Å². The number of H-pyrrole nitrogens is 1. The van der Waals surface area contributed by atoms with Crippen molar-refractivity contribution in [3.8, 4) is 11.1 Å². The molecule has 8 heteroatoms. The van der Waals surface area contributed by atoms with Gasteiger partial charge in [0.05, 0.1) is 5.52 Å². The van der Waals surface area contributed by atoms with Gasteiger partial charge in [-0.3, -0.25) is 9.78 Å². The fourth-order valence-electron chi connectivity index (χ4n) is 2.79. The minimum Gasteiger partial charge on any atom is -0.352 e. The average molecular weight is 362 g/mol. The lowest BCUT2D eigenvalue weighted by Gasteiger charge is -2.08. The molecule has 2 aromatic carbocycles. The van der Waals surface area contributed by atoms with Crippen LogP contribution in [0.5, 0.6) is 0 Å². The summed E-state index contributed by atoms with van der Waals surface area (Å²) in [5, 5.41) is 17.1. The van der Waals surface area contributed by atoms with Gasteiger partial charge in [0.2, 0.25) is 0 Å². The van der Waals surface area contributed by atoms with Gasteiger partial charge in [-0.05, 0) is 35.9 Å². The summed E-state index contributed by atoms with van der Waals surface area (Å²) in [6.45, 7) is 0.321. The third-order valence-corrected chi connectivity index (χ3v) is 4.11. The van der Waals surface area contributed by atoms with Crippen molar-refractivity contribution >= 4 is 16.8 Å². The lowest BCUT2D eigenvalue weighted by molar-refractivity contribution is 0.0953. The third kappa shape index (κ3) is 3.79. The zero-order chi connectivity index (χ0) is 18.6. The van der Waals surface area contributed by atoms with Crippen LogP contribution in [0.3, 0.4) is 0 Å². The third-order valence-electron chi connectivity index (χ3n) is 4.11. The van der Waals surface area contributed by atoms with E-state index in [4.69, 9.17) is 0 Å². The number of carbonyl (C=O) groups excluding carboxylic acids is 1. The number of amides is 1. The maximum absolute atomic E-state index is 14.1. The molecule has 2 aromatic heterocycles. The Bertz CT molecular complexity index is 1100. The molecule has 0 spiro atoms. The number of halogens is 1. The Morgan fingerprint density at radius 1 is 1.11 bits per heavy atom. The predicted octanol–water partition coefficient (Wildman–Crippen LogP) is 2.53. The molecule has 0 aliphatic heterocycles. The van der Waals surface area contributed by atoms with Crippen LogP contribution in [-0.2, 0) is 6.42 Å². The molecule has 2 N–H and O–H groups in total. The van der Waals surface area contributed by atoms with E-state index in [-0.39, 0.29) is 11.5 Å². The van der Waals surface area contributed by atoms with E-state index in [1.165, 1.54) is 12.1 Å². The number of nitrogens with one attached hydrogen (secondary N) is 2. The first-order chi connectivity index (χ1) is 13.2. The normalized spacial score (nSPS) is 10.9. The molecule has 0 aliphatic rings. The topological polar surface area (TPSA) is 96.5 Å². The van der Waals surface area contributed by atoms with Crippen molar-refractivity contribution in [3.05, 3.63) is 71.9 Å². The lowest BCUT2D eigenvalue weighted by Crippen LogP contribution is -2.26. The van der Waals surface area contributed by atoms with E-state index < -0.39 is 5.82 Å². The molecular weight excluding hydrogens is 347 g/mol. The van der Waals surface area contributed by atoms with E-state index in [9.17, 15) is 9.18 Å². The van der Waals surface area contributed by atoms with Crippen LogP contribution in [0.4, 0.5) is 4.39 Å². The van der Waals surface area contributed by atoms with Crippen LogP contribution in [0, 0.1) is 5.82 Å². The van der Waals surface area contributed by atoms with Crippen LogP contribution in [0.25, 0.3) is 22.0 Å². The van der Waals surface area contributed by atoms with Gasteiger partial charge in [-0.2, -0.15) is 5.21 Å². The summed E-state index contributed by atoms with van der Waals surface area (Å²) in [7, 11) is 0. The van der Waals surface area contributed by atoms with Crippen LogP contribution >= 0.6 is 0 Å². The molecule has 134 valence electrons. The number of aromatic nitrogens is 5. The number of nitrogens with zero attached hydrogens (tertiary/aromatic N) is 4. The summed E-state index contributed by atoms with van der Waals surface area (Å²) in [4.78, 5) is 16.8. The second-order valence-electron chi connectivity index (χ2n) is 5.98. The zero-order valence-corrected chi connectivity index (χ0v) is 14.2. The number of tetrazole rings is 1. The number of rotatable bonds is 5. The Labute approximate surface area is 153 Å². The highest BCUT2D eigenvalue weighted by molar-refractivity contribution is 5.95. The first kappa shape index (κ1) is 16.8. The molecule has 4 aromatic rings. The van der Waals surface area contributed by atoms with E-state index in [0.717, 1.165) is 16.5 Å². The maximum atomic E-state index is 14.1. The Balaban J connectivity index is 1.55. The number of aromatic amines is 1. The molecule has 0 saturated heterocycles. The van der Waals surface area contributed by atoms with E-state index in [2.05, 4.69) is 30.9 Å². The summed E-state index contributed by atoms with van der Waals surface area (Å²) in [5.41, 5.74) is 2.44. The zero-order valence-electron chi connectivity index (χ0n) is 14.2. The van der Waals surface area contributed by atoms with Gasteiger partial charge in [-0.1, -0.05) is 23.4 Å². The van der Waals surface area contributed by atoms with Crippen LogP contribution in [0.1, 0.15) is 16.2 Å². The summed E-state index contributed by atoms with van der Waals surface area (Å²) in [6.07, 6.45) is 2.11. The molecule has 0 aliphatic carbocycles. The number of benzene rings is 2. The van der Waals surface area contributed by atoms with Gasteiger partial charge in [0.25, 0.3) is 5.91 Å². The standard InChI is InChI=1S/C19H15FN6O/c20-16-9-13(15-7-12-3-1-2-4-17(12)22-11-15)8-14(10-16)19(27)21-6-5-18-23-25-26-24-18/h1-4,7-11H,5-6H2,(H,21,27)(H,23,24,25,26). The van der Waals surface area contributed by atoms with Gasteiger partial charge >= 0.3 is 0 Å². The van der Waals surface area contributed by atoms with Crippen molar-refractivity contribution in [2.24, 2.45) is 0 Å². The number of carbonyl (C=O) groups is 1. The Morgan fingerprint density at radius 2 is 2.00 bits per heavy atom. The SMILES string of the molecule is O=C(NCCc1nn[nH]n1)c1cc(F)cc(-c2cnc3ccccc3c2)c1. The molecule has 4 rings (SSSR count). The van der Waals surface area contributed by atoms with Gasteiger partial charge in [-0.25, -0.2) is 4.39 Å². The quantitative estimate of drug-likeness (QED) is 0.569. The highest BCUT2D eigenvalue weighted by Crippen LogP contribution is 2.24. The number of fused-ring (bicyclic) bond motifs is 1. The molecule has 1 amide bonds. The molecule has 0 fully saturated rings. The summed E-state index contributed by atoms with van der Waals surface area (Å²) in [5.74, 6) is -0.352. The summed E-state index contributed by atoms with van der Waals surface area (Å²) in [6, 6.07) is 13.9. The molecule has 27 heavy (non-hydrogen) atoms. The molecule has 0 saturated carbocycles. The van der Waals surface area contributed by atoms with E-state index >= 15 is 0 Å².